The molecular weight excluding hydrogens is 432 g/mol. The number of piperidine rings is 1. The van der Waals surface area contributed by atoms with Crippen LogP contribution in [0.2, 0.25) is 0 Å². The number of nitrogens with one attached hydrogen (secondary N) is 1. The van der Waals surface area contributed by atoms with Gasteiger partial charge in [-0.05, 0) is 17.5 Å². The normalized spacial score (nSPS) is 22.4. The van der Waals surface area contributed by atoms with Gasteiger partial charge in [0.25, 0.3) is 5.91 Å². The molecule has 1 fully saturated rings. The second-order valence-corrected chi connectivity index (χ2v) is 9.29. The fourth-order valence-corrected chi connectivity index (χ4v) is 5.18. The van der Waals surface area contributed by atoms with Gasteiger partial charge >= 0.3 is 5.97 Å². The fourth-order valence-electron chi connectivity index (χ4n) is 5.18. The number of fused-ring (bicyclic) bond motifs is 3. The predicted octanol–water partition coefficient (Wildman–Crippen LogP) is 2.48. The van der Waals surface area contributed by atoms with E-state index >= 15 is 0 Å². The van der Waals surface area contributed by atoms with E-state index in [1.165, 1.54) is 12.4 Å². The summed E-state index contributed by atoms with van der Waals surface area (Å²) in [6.07, 6.45) is 5.65. The summed E-state index contributed by atoms with van der Waals surface area (Å²) in [5.74, 6) is -0.445. The first-order valence-electron chi connectivity index (χ1n) is 11.4. The van der Waals surface area contributed by atoms with Crippen molar-refractivity contribution in [3.8, 4) is 11.1 Å². The van der Waals surface area contributed by atoms with Crippen LogP contribution in [0, 0.1) is 0 Å². The Hall–Kier alpha value is -3.62. The summed E-state index contributed by atoms with van der Waals surface area (Å²) in [6.45, 7) is 1.50. The van der Waals surface area contributed by atoms with E-state index in [1.807, 2.05) is 43.4 Å². The molecule has 1 amide bonds. The number of carbonyl (C=O) groups is 2. The van der Waals surface area contributed by atoms with Crippen LogP contribution in [0.1, 0.15) is 24.0 Å². The van der Waals surface area contributed by atoms with Crippen LogP contribution in [-0.4, -0.2) is 64.2 Å². The maximum absolute atomic E-state index is 13.5. The zero-order valence-electron chi connectivity index (χ0n) is 19.0. The molecule has 0 radical (unpaired) electrons. The number of benzene rings is 2. The first kappa shape index (κ1) is 22.2. The van der Waals surface area contributed by atoms with Crippen molar-refractivity contribution in [2.75, 3.05) is 32.0 Å². The van der Waals surface area contributed by atoms with Crippen LogP contribution in [0.25, 0.3) is 11.1 Å². The van der Waals surface area contributed by atoms with Gasteiger partial charge in [-0.25, -0.2) is 9.78 Å². The van der Waals surface area contributed by atoms with Gasteiger partial charge in [0.15, 0.2) is 18.5 Å². The molecule has 8 heteroatoms. The molecule has 1 aliphatic carbocycles. The number of likely N-dealkylation sites (tertiary alicyclic amines) is 1. The lowest BCUT2D eigenvalue weighted by Crippen LogP contribution is -2.57. The molecule has 1 unspecified atom stereocenters. The number of carbonyl (C=O) groups excluding carboxylic acids is 2. The molecule has 2 atom stereocenters. The van der Waals surface area contributed by atoms with Gasteiger partial charge in [-0.2, -0.15) is 0 Å². The number of esters is 1. The third-order valence-corrected chi connectivity index (χ3v) is 6.72. The molecule has 2 heterocycles. The van der Waals surface area contributed by atoms with Gasteiger partial charge < -0.3 is 19.6 Å². The van der Waals surface area contributed by atoms with E-state index < -0.39 is 17.7 Å². The minimum absolute atomic E-state index is 0.174. The van der Waals surface area contributed by atoms with Crippen molar-refractivity contribution in [1.29, 1.82) is 0 Å². The van der Waals surface area contributed by atoms with Crippen molar-refractivity contribution in [1.82, 2.24) is 9.97 Å². The Morgan fingerprint density at radius 3 is 2.44 bits per heavy atom. The number of aliphatic hydroxyl groups is 1. The van der Waals surface area contributed by atoms with Crippen LogP contribution >= 0.6 is 0 Å². The molecule has 0 spiro atoms. The summed E-state index contributed by atoms with van der Waals surface area (Å²) < 4.78 is 6.35. The third kappa shape index (κ3) is 3.95. The Kier molecular flexibility index (Phi) is 5.63. The highest BCUT2D eigenvalue weighted by Gasteiger charge is 2.50. The molecule has 34 heavy (non-hydrogen) atoms. The lowest BCUT2D eigenvalue weighted by Gasteiger charge is -2.40. The molecule has 174 valence electrons. The number of nitrogens with zero attached hydrogens (tertiary/aromatic N) is 3. The van der Waals surface area contributed by atoms with E-state index in [0.717, 1.165) is 24.1 Å². The Morgan fingerprint density at radius 1 is 1.12 bits per heavy atom. The number of ether oxygens (including phenoxy) is 1. The zero-order valence-corrected chi connectivity index (χ0v) is 19.0. The molecule has 1 aromatic heterocycles. The smallest absolute Gasteiger partial charge is 0.348 e. The van der Waals surface area contributed by atoms with Crippen molar-refractivity contribution in [2.24, 2.45) is 0 Å². The monoisotopic (exact) mass is 459 g/mol. The van der Waals surface area contributed by atoms with E-state index in [9.17, 15) is 14.7 Å². The summed E-state index contributed by atoms with van der Waals surface area (Å²) in [6, 6.07) is 14.8. The minimum Gasteiger partial charge on any atom is -0.454 e. The van der Waals surface area contributed by atoms with Crippen molar-refractivity contribution in [3.05, 3.63) is 78.2 Å². The van der Waals surface area contributed by atoms with E-state index in [0.29, 0.717) is 34.4 Å². The maximum atomic E-state index is 13.5. The first-order chi connectivity index (χ1) is 16.4. The average molecular weight is 460 g/mol. The molecule has 2 aromatic carbocycles. The van der Waals surface area contributed by atoms with Gasteiger partial charge in [0.05, 0.1) is 19.8 Å². The SMILES string of the molecule is C[N+]1(CC(=O)Nc2cnccn2)CCC[C@@H](OC(=O)C2(O)c3ccccc3-c3ccccc32)C1. The maximum Gasteiger partial charge on any atom is 0.348 e. The number of aromatic nitrogens is 2. The van der Waals surface area contributed by atoms with Gasteiger partial charge in [0.2, 0.25) is 5.60 Å². The summed E-state index contributed by atoms with van der Waals surface area (Å²) in [5, 5.41) is 14.4. The van der Waals surface area contributed by atoms with Crippen LogP contribution in [-0.2, 0) is 19.9 Å². The quantitative estimate of drug-likeness (QED) is 0.449. The van der Waals surface area contributed by atoms with Crippen LogP contribution in [0.3, 0.4) is 0 Å². The number of anilines is 1. The van der Waals surface area contributed by atoms with E-state index in [4.69, 9.17) is 4.74 Å². The third-order valence-electron chi connectivity index (χ3n) is 6.72. The van der Waals surface area contributed by atoms with Crippen molar-refractivity contribution in [3.63, 3.8) is 0 Å². The summed E-state index contributed by atoms with van der Waals surface area (Å²) in [7, 11) is 1.98. The number of hydrogen-bond donors (Lipinski definition) is 2. The molecule has 8 nitrogen and oxygen atoms in total. The fraction of sp³-hybridized carbons (Fsp3) is 0.308. The van der Waals surface area contributed by atoms with E-state index in [1.54, 1.807) is 18.3 Å². The van der Waals surface area contributed by atoms with Gasteiger partial charge in [-0.3, -0.25) is 9.78 Å². The van der Waals surface area contributed by atoms with Gasteiger partial charge in [-0.1, -0.05) is 48.5 Å². The average Bonchev–Trinajstić information content (AvgIpc) is 3.09. The number of quaternary nitrogens is 1. The summed E-state index contributed by atoms with van der Waals surface area (Å²) in [4.78, 5) is 34.1. The van der Waals surface area contributed by atoms with Gasteiger partial charge in [0, 0.05) is 29.9 Å². The Labute approximate surface area is 197 Å². The molecule has 0 bridgehead atoms. The Bertz CT molecular complexity index is 1190. The Morgan fingerprint density at radius 2 is 1.79 bits per heavy atom. The lowest BCUT2D eigenvalue weighted by molar-refractivity contribution is -0.909. The summed E-state index contributed by atoms with van der Waals surface area (Å²) >= 11 is 0. The van der Waals surface area contributed by atoms with Crippen LogP contribution in [0.15, 0.2) is 67.1 Å². The van der Waals surface area contributed by atoms with Crippen molar-refractivity contribution < 1.29 is 23.9 Å². The van der Waals surface area contributed by atoms with Gasteiger partial charge in [-0.15, -0.1) is 0 Å². The minimum atomic E-state index is -1.85. The molecule has 3 aromatic rings. The molecule has 1 saturated heterocycles. The second kappa shape index (κ2) is 8.62. The largest absolute Gasteiger partial charge is 0.454 e. The number of hydrogen-bond acceptors (Lipinski definition) is 6. The highest BCUT2D eigenvalue weighted by Crippen LogP contribution is 2.48. The standard InChI is InChI=1S/C26H26N4O4/c1-30(17-24(31)29-23-15-27-12-13-28-23)14-6-7-18(16-30)34-25(32)26(33)21-10-4-2-8-19(21)20-9-3-5-11-22(20)26/h2-5,8-13,15,18,33H,6-7,14,16-17H2,1H3/p+1/t18-,30?/m1/s1. The zero-order chi connectivity index (χ0) is 23.8. The highest BCUT2D eigenvalue weighted by molar-refractivity contribution is 5.96. The predicted molar refractivity (Wildman–Crippen MR) is 125 cm³/mol. The topological polar surface area (TPSA) is 101 Å². The molecule has 2 aliphatic rings. The molecular formula is C26H27N4O4+. The number of likely N-dealkylation sites (N-methyl/N-ethyl adjacent to an activating group) is 1. The van der Waals surface area contributed by atoms with Crippen LogP contribution in [0.4, 0.5) is 5.82 Å². The van der Waals surface area contributed by atoms with Gasteiger partial charge in [0.1, 0.15) is 6.54 Å². The van der Waals surface area contributed by atoms with Crippen LogP contribution < -0.4 is 5.32 Å². The van der Waals surface area contributed by atoms with E-state index in [2.05, 4.69) is 15.3 Å². The molecule has 1 aliphatic heterocycles. The Balaban J connectivity index is 1.31. The lowest BCUT2D eigenvalue weighted by atomic mass is 9.91. The summed E-state index contributed by atoms with van der Waals surface area (Å²) in [5.41, 5.74) is 0.900. The molecule has 0 saturated carbocycles. The molecule has 2 N–H and O–H groups in total. The number of amides is 1. The molecule has 5 rings (SSSR count). The second-order valence-electron chi connectivity index (χ2n) is 9.29. The van der Waals surface area contributed by atoms with Crippen molar-refractivity contribution >= 4 is 17.7 Å². The van der Waals surface area contributed by atoms with Crippen LogP contribution in [0.5, 0.6) is 0 Å². The highest BCUT2D eigenvalue weighted by atomic mass is 16.6. The first-order valence-corrected chi connectivity index (χ1v) is 11.4. The number of rotatable bonds is 5. The van der Waals surface area contributed by atoms with E-state index in [-0.39, 0.29) is 12.5 Å². The van der Waals surface area contributed by atoms with Crippen molar-refractivity contribution in [2.45, 2.75) is 24.5 Å².